The zero-order valence-corrected chi connectivity index (χ0v) is 12.1. The Morgan fingerprint density at radius 2 is 1.95 bits per heavy atom. The first-order valence-corrected chi connectivity index (χ1v) is 6.68. The minimum absolute atomic E-state index is 0.0408. The smallest absolute Gasteiger partial charge is 0.227 e. The van der Waals surface area contributed by atoms with E-state index in [1.807, 2.05) is 32.9 Å². The van der Waals surface area contributed by atoms with E-state index in [1.54, 1.807) is 4.90 Å². The van der Waals surface area contributed by atoms with E-state index in [1.165, 1.54) is 11.1 Å². The molecule has 0 aliphatic carbocycles. The van der Waals surface area contributed by atoms with E-state index in [0.29, 0.717) is 12.8 Å². The summed E-state index contributed by atoms with van der Waals surface area (Å²) in [5, 5.41) is 0. The SMILES string of the molecule is Cc1ccc(CC(=O)N2CC(=O)CC2(C)C)cc1C. The average Bonchev–Trinajstić information content (AvgIpc) is 2.57. The Bertz CT molecular complexity index is 532. The Morgan fingerprint density at radius 1 is 1.26 bits per heavy atom. The summed E-state index contributed by atoms with van der Waals surface area (Å²) >= 11 is 0. The average molecular weight is 259 g/mol. The van der Waals surface area contributed by atoms with E-state index >= 15 is 0 Å². The predicted octanol–water partition coefficient (Wildman–Crippen LogP) is 2.43. The summed E-state index contributed by atoms with van der Waals surface area (Å²) in [5.41, 5.74) is 3.10. The van der Waals surface area contributed by atoms with E-state index in [9.17, 15) is 9.59 Å². The van der Waals surface area contributed by atoms with Crippen molar-refractivity contribution in [3.05, 3.63) is 34.9 Å². The summed E-state index contributed by atoms with van der Waals surface area (Å²) in [6.45, 7) is 8.28. The van der Waals surface area contributed by atoms with Crippen LogP contribution in [0.15, 0.2) is 18.2 Å². The highest BCUT2D eigenvalue weighted by atomic mass is 16.2. The Morgan fingerprint density at radius 3 is 2.47 bits per heavy atom. The molecule has 1 amide bonds. The van der Waals surface area contributed by atoms with Crippen LogP contribution in [0.5, 0.6) is 0 Å². The van der Waals surface area contributed by atoms with Gasteiger partial charge in [-0.15, -0.1) is 0 Å². The van der Waals surface area contributed by atoms with Gasteiger partial charge in [0.15, 0.2) is 5.78 Å². The number of hydrogen-bond acceptors (Lipinski definition) is 2. The van der Waals surface area contributed by atoms with Crippen LogP contribution in [0.4, 0.5) is 0 Å². The zero-order chi connectivity index (χ0) is 14.2. The highest BCUT2D eigenvalue weighted by molar-refractivity contribution is 5.91. The quantitative estimate of drug-likeness (QED) is 0.818. The van der Waals surface area contributed by atoms with Crippen LogP contribution in [0, 0.1) is 13.8 Å². The summed E-state index contributed by atoms with van der Waals surface area (Å²) < 4.78 is 0. The number of amides is 1. The van der Waals surface area contributed by atoms with Gasteiger partial charge in [-0.25, -0.2) is 0 Å². The molecule has 0 aromatic heterocycles. The fourth-order valence-corrected chi connectivity index (χ4v) is 2.63. The maximum absolute atomic E-state index is 12.3. The first-order valence-electron chi connectivity index (χ1n) is 6.68. The van der Waals surface area contributed by atoms with E-state index in [0.717, 1.165) is 5.56 Å². The molecular formula is C16H21NO2. The molecule has 0 unspecified atom stereocenters. The van der Waals surface area contributed by atoms with Gasteiger partial charge in [0.25, 0.3) is 0 Å². The molecule has 0 N–H and O–H groups in total. The van der Waals surface area contributed by atoms with Crippen molar-refractivity contribution in [2.45, 2.75) is 46.1 Å². The van der Waals surface area contributed by atoms with Gasteiger partial charge >= 0.3 is 0 Å². The number of benzene rings is 1. The van der Waals surface area contributed by atoms with Crippen molar-refractivity contribution < 1.29 is 9.59 Å². The van der Waals surface area contributed by atoms with Gasteiger partial charge in [0.1, 0.15) is 0 Å². The first-order chi connectivity index (χ1) is 8.79. The van der Waals surface area contributed by atoms with E-state index in [2.05, 4.69) is 13.0 Å². The Labute approximate surface area is 114 Å². The number of ketones is 1. The number of carbonyl (C=O) groups is 2. The molecule has 0 spiro atoms. The van der Waals surface area contributed by atoms with Crippen molar-refractivity contribution in [2.75, 3.05) is 6.54 Å². The minimum atomic E-state index is -0.339. The third-order valence-corrected chi connectivity index (χ3v) is 3.92. The van der Waals surface area contributed by atoms with Crippen molar-refractivity contribution in [2.24, 2.45) is 0 Å². The van der Waals surface area contributed by atoms with Gasteiger partial charge in [-0.1, -0.05) is 18.2 Å². The van der Waals surface area contributed by atoms with Crippen molar-refractivity contribution >= 4 is 11.7 Å². The summed E-state index contributed by atoms with van der Waals surface area (Å²) in [7, 11) is 0. The van der Waals surface area contributed by atoms with Crippen LogP contribution in [0.25, 0.3) is 0 Å². The lowest BCUT2D eigenvalue weighted by atomic mass is 10.00. The lowest BCUT2D eigenvalue weighted by Gasteiger charge is -2.30. The summed E-state index contributed by atoms with van der Waals surface area (Å²) in [6.07, 6.45) is 0.837. The largest absolute Gasteiger partial charge is 0.330 e. The highest BCUT2D eigenvalue weighted by Crippen LogP contribution is 2.27. The second-order valence-corrected chi connectivity index (χ2v) is 6.10. The van der Waals surface area contributed by atoms with Crippen LogP contribution in [0.3, 0.4) is 0 Å². The van der Waals surface area contributed by atoms with Crippen LogP contribution >= 0.6 is 0 Å². The monoisotopic (exact) mass is 259 g/mol. The van der Waals surface area contributed by atoms with Crippen LogP contribution in [0.2, 0.25) is 0 Å². The summed E-state index contributed by atoms with van der Waals surface area (Å²) in [6, 6.07) is 6.08. The molecule has 1 aliphatic heterocycles. The molecule has 0 atom stereocenters. The van der Waals surface area contributed by atoms with Crippen molar-refractivity contribution in [3.8, 4) is 0 Å². The molecule has 102 valence electrons. The third kappa shape index (κ3) is 2.86. The number of rotatable bonds is 2. The molecule has 1 aromatic rings. The second kappa shape index (κ2) is 4.80. The van der Waals surface area contributed by atoms with Crippen molar-refractivity contribution in [1.29, 1.82) is 0 Å². The number of aryl methyl sites for hydroxylation is 2. The molecule has 3 nitrogen and oxygen atoms in total. The topological polar surface area (TPSA) is 37.4 Å². The molecule has 0 bridgehead atoms. The minimum Gasteiger partial charge on any atom is -0.330 e. The predicted molar refractivity (Wildman–Crippen MR) is 75.0 cm³/mol. The number of likely N-dealkylation sites (tertiary alicyclic amines) is 1. The zero-order valence-electron chi connectivity index (χ0n) is 12.1. The molecule has 19 heavy (non-hydrogen) atoms. The maximum Gasteiger partial charge on any atom is 0.227 e. The number of carbonyl (C=O) groups excluding carboxylic acids is 2. The van der Waals surface area contributed by atoms with Crippen LogP contribution in [0.1, 0.15) is 37.0 Å². The van der Waals surface area contributed by atoms with Gasteiger partial charge < -0.3 is 4.90 Å². The molecule has 3 heteroatoms. The van der Waals surface area contributed by atoms with Crippen molar-refractivity contribution in [3.63, 3.8) is 0 Å². The fourth-order valence-electron chi connectivity index (χ4n) is 2.63. The molecule has 0 radical (unpaired) electrons. The van der Waals surface area contributed by atoms with Crippen LogP contribution in [-0.2, 0) is 16.0 Å². The molecular weight excluding hydrogens is 238 g/mol. The molecule has 1 fully saturated rings. The van der Waals surface area contributed by atoms with Gasteiger partial charge in [-0.3, -0.25) is 9.59 Å². The number of Topliss-reactive ketones (excluding diaryl/α,β-unsaturated/α-hetero) is 1. The lowest BCUT2D eigenvalue weighted by molar-refractivity contribution is -0.134. The Kier molecular flexibility index (Phi) is 3.48. The van der Waals surface area contributed by atoms with Gasteiger partial charge in [0, 0.05) is 12.0 Å². The highest BCUT2D eigenvalue weighted by Gasteiger charge is 2.39. The number of hydrogen-bond donors (Lipinski definition) is 0. The van der Waals surface area contributed by atoms with Crippen LogP contribution in [-0.4, -0.2) is 28.7 Å². The Balaban J connectivity index is 2.13. The second-order valence-electron chi connectivity index (χ2n) is 6.10. The van der Waals surface area contributed by atoms with E-state index < -0.39 is 0 Å². The normalized spacial score (nSPS) is 17.9. The van der Waals surface area contributed by atoms with Gasteiger partial charge in [-0.05, 0) is 44.4 Å². The molecule has 0 saturated carbocycles. The summed E-state index contributed by atoms with van der Waals surface area (Å²) in [4.78, 5) is 25.6. The summed E-state index contributed by atoms with van der Waals surface area (Å²) in [5.74, 6) is 0.192. The standard InChI is InChI=1S/C16H21NO2/c1-11-5-6-13(7-12(11)2)8-15(19)17-10-14(18)9-16(17,3)4/h5-7H,8-10H2,1-4H3. The van der Waals surface area contributed by atoms with E-state index in [4.69, 9.17) is 0 Å². The molecule has 1 saturated heterocycles. The van der Waals surface area contributed by atoms with E-state index in [-0.39, 0.29) is 23.8 Å². The molecule has 1 aliphatic rings. The van der Waals surface area contributed by atoms with Crippen LogP contribution < -0.4 is 0 Å². The molecule has 1 heterocycles. The maximum atomic E-state index is 12.3. The van der Waals surface area contributed by atoms with Gasteiger partial charge in [0.05, 0.1) is 13.0 Å². The fraction of sp³-hybridized carbons (Fsp3) is 0.500. The van der Waals surface area contributed by atoms with Gasteiger partial charge in [-0.2, -0.15) is 0 Å². The van der Waals surface area contributed by atoms with Gasteiger partial charge in [0.2, 0.25) is 5.91 Å². The third-order valence-electron chi connectivity index (χ3n) is 3.92. The number of nitrogens with zero attached hydrogens (tertiary/aromatic N) is 1. The van der Waals surface area contributed by atoms with Crippen molar-refractivity contribution in [1.82, 2.24) is 4.90 Å². The first kappa shape index (κ1) is 13.8. The Hall–Kier alpha value is -1.64. The molecule has 1 aromatic carbocycles. The molecule has 2 rings (SSSR count). The lowest BCUT2D eigenvalue weighted by Crippen LogP contribution is -2.43.